The van der Waals surface area contributed by atoms with E-state index in [1.807, 2.05) is 0 Å². The Balaban J connectivity index is 2.18. The van der Waals surface area contributed by atoms with Crippen molar-refractivity contribution in [3.8, 4) is 11.5 Å². The normalized spacial score (nSPS) is 10.2. The van der Waals surface area contributed by atoms with Crippen LogP contribution in [0.4, 0.5) is 4.39 Å². The van der Waals surface area contributed by atoms with Gasteiger partial charge in [0.1, 0.15) is 30.2 Å². The molecule has 0 heterocycles. The van der Waals surface area contributed by atoms with Crippen molar-refractivity contribution in [2.75, 3.05) is 7.11 Å². The van der Waals surface area contributed by atoms with E-state index in [0.29, 0.717) is 17.1 Å². The van der Waals surface area contributed by atoms with Crippen LogP contribution in [-0.4, -0.2) is 13.4 Å². The van der Waals surface area contributed by atoms with Gasteiger partial charge in [-0.2, -0.15) is 0 Å². The molecule has 20 heavy (non-hydrogen) atoms. The number of aldehydes is 1. The second-order valence-electron chi connectivity index (χ2n) is 4.08. The SMILES string of the molecule is COc1ccc(Cl)cc1COc1cc(F)cc(C=O)c1. The number of benzene rings is 2. The first-order valence-electron chi connectivity index (χ1n) is 5.83. The molecule has 0 fully saturated rings. The lowest BCUT2D eigenvalue weighted by atomic mass is 10.2. The van der Waals surface area contributed by atoms with Crippen LogP contribution in [-0.2, 0) is 6.61 Å². The van der Waals surface area contributed by atoms with Crippen molar-refractivity contribution in [2.24, 2.45) is 0 Å². The molecule has 104 valence electrons. The number of carbonyl (C=O) groups excluding carboxylic acids is 1. The second-order valence-corrected chi connectivity index (χ2v) is 4.52. The average Bonchev–Trinajstić information content (AvgIpc) is 2.44. The average molecular weight is 295 g/mol. The zero-order valence-corrected chi connectivity index (χ0v) is 11.5. The van der Waals surface area contributed by atoms with E-state index in [9.17, 15) is 9.18 Å². The monoisotopic (exact) mass is 294 g/mol. The Hall–Kier alpha value is -2.07. The van der Waals surface area contributed by atoms with Gasteiger partial charge in [-0.25, -0.2) is 4.39 Å². The van der Waals surface area contributed by atoms with Crippen molar-refractivity contribution in [2.45, 2.75) is 6.61 Å². The smallest absolute Gasteiger partial charge is 0.150 e. The molecule has 0 amide bonds. The molecule has 0 saturated carbocycles. The topological polar surface area (TPSA) is 35.5 Å². The lowest BCUT2D eigenvalue weighted by Gasteiger charge is -2.11. The van der Waals surface area contributed by atoms with Crippen molar-refractivity contribution >= 4 is 17.9 Å². The molecule has 0 radical (unpaired) electrons. The summed E-state index contributed by atoms with van der Waals surface area (Å²) in [5.74, 6) is 0.373. The molecule has 0 bridgehead atoms. The Morgan fingerprint density at radius 3 is 2.75 bits per heavy atom. The highest BCUT2D eigenvalue weighted by molar-refractivity contribution is 6.30. The summed E-state index contributed by atoms with van der Waals surface area (Å²) in [4.78, 5) is 10.7. The van der Waals surface area contributed by atoms with Gasteiger partial charge in [0.15, 0.2) is 0 Å². The summed E-state index contributed by atoms with van der Waals surface area (Å²) in [6.45, 7) is 0.158. The number of methoxy groups -OCH3 is 1. The lowest BCUT2D eigenvalue weighted by molar-refractivity contribution is 0.112. The van der Waals surface area contributed by atoms with Crippen LogP contribution in [0, 0.1) is 5.82 Å². The molecule has 2 aromatic carbocycles. The van der Waals surface area contributed by atoms with Crippen LogP contribution in [0.3, 0.4) is 0 Å². The third kappa shape index (κ3) is 3.48. The molecule has 0 aliphatic heterocycles. The van der Waals surface area contributed by atoms with Gasteiger partial charge in [-0.05, 0) is 30.3 Å². The molecule has 2 aromatic rings. The van der Waals surface area contributed by atoms with Gasteiger partial charge in [-0.3, -0.25) is 4.79 Å². The van der Waals surface area contributed by atoms with Crippen LogP contribution in [0.1, 0.15) is 15.9 Å². The Morgan fingerprint density at radius 2 is 2.05 bits per heavy atom. The van der Waals surface area contributed by atoms with Crippen LogP contribution in [0.5, 0.6) is 11.5 Å². The summed E-state index contributed by atoms with van der Waals surface area (Å²) in [5.41, 5.74) is 0.954. The summed E-state index contributed by atoms with van der Waals surface area (Å²) in [5, 5.41) is 0.553. The van der Waals surface area contributed by atoms with Crippen molar-refractivity contribution < 1.29 is 18.7 Å². The Morgan fingerprint density at radius 1 is 1.25 bits per heavy atom. The maximum atomic E-state index is 13.3. The van der Waals surface area contributed by atoms with Gasteiger partial charge < -0.3 is 9.47 Å². The van der Waals surface area contributed by atoms with Crippen LogP contribution in [0.15, 0.2) is 36.4 Å². The van der Waals surface area contributed by atoms with E-state index >= 15 is 0 Å². The molecule has 0 aromatic heterocycles. The number of rotatable bonds is 5. The first-order valence-corrected chi connectivity index (χ1v) is 6.21. The van der Waals surface area contributed by atoms with Gasteiger partial charge in [-0.15, -0.1) is 0 Å². The summed E-state index contributed by atoms with van der Waals surface area (Å²) in [6, 6.07) is 8.96. The Kier molecular flexibility index (Phi) is 4.58. The maximum absolute atomic E-state index is 13.3. The molecule has 5 heteroatoms. The van der Waals surface area contributed by atoms with Gasteiger partial charge in [0.2, 0.25) is 0 Å². The quantitative estimate of drug-likeness (QED) is 0.785. The van der Waals surface area contributed by atoms with E-state index < -0.39 is 5.82 Å². The fraction of sp³-hybridized carbons (Fsp3) is 0.133. The number of ether oxygens (including phenoxy) is 2. The minimum Gasteiger partial charge on any atom is -0.496 e. The van der Waals surface area contributed by atoms with Gasteiger partial charge >= 0.3 is 0 Å². The molecule has 3 nitrogen and oxygen atoms in total. The molecule has 0 unspecified atom stereocenters. The first-order chi connectivity index (χ1) is 9.62. The standard InChI is InChI=1S/C15H12ClFO3/c1-19-15-3-2-12(16)6-11(15)9-20-14-5-10(8-18)4-13(17)7-14/h2-8H,9H2,1H3. The summed E-state index contributed by atoms with van der Waals surface area (Å²) >= 11 is 5.91. The third-order valence-electron chi connectivity index (χ3n) is 2.67. The first kappa shape index (κ1) is 14.3. The summed E-state index contributed by atoms with van der Waals surface area (Å²) < 4.78 is 23.9. The van der Waals surface area contributed by atoms with E-state index in [1.54, 1.807) is 25.3 Å². The summed E-state index contributed by atoms with van der Waals surface area (Å²) in [7, 11) is 1.54. The number of hydrogen-bond acceptors (Lipinski definition) is 3. The molecule has 2 rings (SSSR count). The molecule has 0 saturated heterocycles. The molecule has 0 aliphatic rings. The second kappa shape index (κ2) is 6.39. The van der Waals surface area contributed by atoms with Gasteiger partial charge in [0.25, 0.3) is 0 Å². The number of hydrogen-bond donors (Lipinski definition) is 0. The van der Waals surface area contributed by atoms with E-state index in [1.165, 1.54) is 12.1 Å². The highest BCUT2D eigenvalue weighted by atomic mass is 35.5. The molecule has 0 atom stereocenters. The van der Waals surface area contributed by atoms with Crippen LogP contribution in [0.2, 0.25) is 5.02 Å². The zero-order valence-electron chi connectivity index (χ0n) is 10.7. The Labute approximate surface area is 120 Å². The minimum absolute atomic E-state index is 0.158. The maximum Gasteiger partial charge on any atom is 0.150 e. The molecular weight excluding hydrogens is 283 g/mol. The van der Waals surface area contributed by atoms with E-state index in [2.05, 4.69) is 0 Å². The van der Waals surface area contributed by atoms with Crippen LogP contribution in [0.25, 0.3) is 0 Å². The van der Waals surface area contributed by atoms with E-state index in [4.69, 9.17) is 21.1 Å². The molecule has 0 aliphatic carbocycles. The van der Waals surface area contributed by atoms with Gasteiger partial charge in [-0.1, -0.05) is 11.6 Å². The van der Waals surface area contributed by atoms with Gasteiger partial charge in [0, 0.05) is 22.2 Å². The molecule has 0 spiro atoms. The van der Waals surface area contributed by atoms with Crippen molar-refractivity contribution in [1.29, 1.82) is 0 Å². The van der Waals surface area contributed by atoms with Gasteiger partial charge in [0.05, 0.1) is 7.11 Å². The van der Waals surface area contributed by atoms with Crippen LogP contribution >= 0.6 is 11.6 Å². The van der Waals surface area contributed by atoms with E-state index in [-0.39, 0.29) is 17.9 Å². The largest absolute Gasteiger partial charge is 0.496 e. The molecule has 0 N–H and O–H groups in total. The highest BCUT2D eigenvalue weighted by Crippen LogP contribution is 2.25. The molecular formula is C15H12ClFO3. The predicted molar refractivity (Wildman–Crippen MR) is 74.1 cm³/mol. The third-order valence-corrected chi connectivity index (χ3v) is 2.90. The van der Waals surface area contributed by atoms with E-state index in [0.717, 1.165) is 11.6 Å². The zero-order chi connectivity index (χ0) is 14.5. The highest BCUT2D eigenvalue weighted by Gasteiger charge is 2.06. The van der Waals surface area contributed by atoms with Crippen molar-refractivity contribution in [3.63, 3.8) is 0 Å². The lowest BCUT2D eigenvalue weighted by Crippen LogP contribution is -1.99. The van der Waals surface area contributed by atoms with Crippen LogP contribution < -0.4 is 9.47 Å². The minimum atomic E-state index is -0.525. The van der Waals surface area contributed by atoms with Crippen molar-refractivity contribution in [1.82, 2.24) is 0 Å². The Bertz CT molecular complexity index is 629. The number of carbonyl (C=O) groups is 1. The fourth-order valence-corrected chi connectivity index (χ4v) is 1.95. The number of halogens is 2. The predicted octanol–water partition coefficient (Wildman–Crippen LogP) is 3.88. The van der Waals surface area contributed by atoms with Crippen molar-refractivity contribution in [3.05, 3.63) is 58.4 Å². The summed E-state index contributed by atoms with van der Waals surface area (Å²) in [6.07, 6.45) is 0.565. The fourth-order valence-electron chi connectivity index (χ4n) is 1.76.